The minimum absolute atomic E-state index is 0.245. The molecule has 0 radical (unpaired) electrons. The Morgan fingerprint density at radius 3 is 2.88 bits per heavy atom. The summed E-state index contributed by atoms with van der Waals surface area (Å²) >= 11 is 1.86. The third-order valence-corrected chi connectivity index (χ3v) is 3.28. The summed E-state index contributed by atoms with van der Waals surface area (Å²) in [6, 6.07) is 7.55. The lowest BCUT2D eigenvalue weighted by Gasteiger charge is -2.09. The Balaban J connectivity index is 2.46. The smallest absolute Gasteiger partial charge is 0.265 e. The molecule has 0 saturated carbocycles. The van der Waals surface area contributed by atoms with Gasteiger partial charge in [-0.3, -0.25) is 10.2 Å². The Hall–Kier alpha value is -1.04. The number of rotatable bonds is 6. The second-order valence-electron chi connectivity index (χ2n) is 4.03. The molecule has 5 heteroatoms. The molecule has 94 valence electrons. The first-order valence-corrected chi connectivity index (χ1v) is 6.61. The van der Waals surface area contributed by atoms with Gasteiger partial charge >= 0.3 is 0 Å². The summed E-state index contributed by atoms with van der Waals surface area (Å²) in [6.45, 7) is 1.06. The van der Waals surface area contributed by atoms with E-state index >= 15 is 0 Å². The van der Waals surface area contributed by atoms with E-state index in [0.29, 0.717) is 5.56 Å². The number of hydrogen-bond donors (Lipinski definition) is 2. The van der Waals surface area contributed by atoms with Crippen molar-refractivity contribution in [3.8, 4) is 0 Å². The topological polar surface area (TPSA) is 58.4 Å². The maximum absolute atomic E-state index is 11.3. The first-order valence-electron chi connectivity index (χ1n) is 5.46. The normalized spacial score (nSPS) is 10.6. The molecule has 1 amide bonds. The Bertz CT molecular complexity index is 369. The van der Waals surface area contributed by atoms with E-state index in [1.807, 2.05) is 30.0 Å². The quantitative estimate of drug-likeness (QED) is 0.345. The first-order chi connectivity index (χ1) is 8.13. The van der Waals surface area contributed by atoms with Gasteiger partial charge in [0.25, 0.3) is 5.91 Å². The van der Waals surface area contributed by atoms with Crippen molar-refractivity contribution in [1.29, 1.82) is 0 Å². The van der Waals surface area contributed by atoms with Crippen LogP contribution in [0.15, 0.2) is 24.3 Å². The molecular formula is C12H19N3OS. The molecule has 0 bridgehead atoms. The van der Waals surface area contributed by atoms with Crippen LogP contribution in [0.1, 0.15) is 15.9 Å². The number of thioether (sulfide) groups is 1. The molecule has 0 aliphatic heterocycles. The molecule has 0 aromatic heterocycles. The molecule has 17 heavy (non-hydrogen) atoms. The summed E-state index contributed by atoms with van der Waals surface area (Å²) in [5.41, 5.74) is 3.90. The van der Waals surface area contributed by atoms with E-state index in [9.17, 15) is 4.79 Å². The Morgan fingerprint density at radius 2 is 2.24 bits per heavy atom. The first kappa shape index (κ1) is 14.0. The fraction of sp³-hybridized carbons (Fsp3) is 0.417. The predicted octanol–water partition coefficient (Wildman–Crippen LogP) is 1.08. The molecule has 3 N–H and O–H groups in total. The van der Waals surface area contributed by atoms with Gasteiger partial charge in [0, 0.05) is 23.6 Å². The van der Waals surface area contributed by atoms with Crippen LogP contribution in [0.5, 0.6) is 0 Å². The average Bonchev–Trinajstić information content (AvgIpc) is 2.34. The van der Waals surface area contributed by atoms with E-state index in [1.165, 1.54) is 0 Å². The lowest BCUT2D eigenvalue weighted by Crippen LogP contribution is -2.29. The molecule has 0 heterocycles. The van der Waals surface area contributed by atoms with Gasteiger partial charge in [-0.25, -0.2) is 5.84 Å². The van der Waals surface area contributed by atoms with Gasteiger partial charge in [-0.2, -0.15) is 11.8 Å². The summed E-state index contributed by atoms with van der Waals surface area (Å²) < 4.78 is 0. The molecule has 1 aromatic rings. The molecule has 0 atom stereocenters. The largest absolute Gasteiger partial charge is 0.309 e. The van der Waals surface area contributed by atoms with Gasteiger partial charge in [0.15, 0.2) is 0 Å². The number of nitrogens with two attached hydrogens (primary N) is 1. The summed E-state index contributed by atoms with van der Waals surface area (Å²) in [6.07, 6.45) is 0. The van der Waals surface area contributed by atoms with Crippen molar-refractivity contribution in [2.24, 2.45) is 5.84 Å². The standard InChI is InChI=1S/C12H19N3OS/c1-15(2)6-7-17-9-10-4-3-5-11(8-10)12(16)14-13/h3-5,8H,6-7,9,13H2,1-2H3,(H,14,16). The number of hydrazine groups is 1. The van der Waals surface area contributed by atoms with Crippen molar-refractivity contribution < 1.29 is 4.79 Å². The highest BCUT2D eigenvalue weighted by Gasteiger charge is 2.03. The van der Waals surface area contributed by atoms with E-state index in [-0.39, 0.29) is 5.91 Å². The Labute approximate surface area is 107 Å². The Kier molecular flexibility index (Phi) is 6.04. The van der Waals surface area contributed by atoms with Crippen molar-refractivity contribution in [3.05, 3.63) is 35.4 Å². The molecule has 0 aliphatic rings. The molecular weight excluding hydrogens is 234 g/mol. The number of amides is 1. The lowest BCUT2D eigenvalue weighted by atomic mass is 10.1. The molecule has 0 saturated heterocycles. The van der Waals surface area contributed by atoms with Crippen molar-refractivity contribution >= 4 is 17.7 Å². The summed E-state index contributed by atoms with van der Waals surface area (Å²) in [5.74, 6) is 6.85. The van der Waals surface area contributed by atoms with Gasteiger partial charge in [-0.1, -0.05) is 12.1 Å². The minimum Gasteiger partial charge on any atom is -0.309 e. The third-order valence-electron chi connectivity index (χ3n) is 2.27. The van der Waals surface area contributed by atoms with Crippen LogP contribution in [0.3, 0.4) is 0 Å². The maximum Gasteiger partial charge on any atom is 0.265 e. The molecule has 4 nitrogen and oxygen atoms in total. The summed E-state index contributed by atoms with van der Waals surface area (Å²) in [4.78, 5) is 13.5. The highest BCUT2D eigenvalue weighted by Crippen LogP contribution is 2.13. The zero-order valence-electron chi connectivity index (χ0n) is 10.3. The highest BCUT2D eigenvalue weighted by atomic mass is 32.2. The maximum atomic E-state index is 11.3. The molecule has 0 fully saturated rings. The highest BCUT2D eigenvalue weighted by molar-refractivity contribution is 7.98. The number of hydrogen-bond acceptors (Lipinski definition) is 4. The molecule has 0 aliphatic carbocycles. The van der Waals surface area contributed by atoms with Crippen LogP contribution in [-0.2, 0) is 5.75 Å². The number of nitrogen functional groups attached to an aromatic ring is 1. The van der Waals surface area contributed by atoms with Crippen molar-refractivity contribution in [2.75, 3.05) is 26.4 Å². The summed E-state index contributed by atoms with van der Waals surface area (Å²) in [5, 5.41) is 0. The van der Waals surface area contributed by atoms with E-state index in [2.05, 4.69) is 24.4 Å². The van der Waals surface area contributed by atoms with Crippen molar-refractivity contribution in [1.82, 2.24) is 10.3 Å². The van der Waals surface area contributed by atoms with Crippen LogP contribution >= 0.6 is 11.8 Å². The average molecular weight is 253 g/mol. The zero-order chi connectivity index (χ0) is 12.7. The molecule has 1 rings (SSSR count). The third kappa shape index (κ3) is 5.21. The number of nitrogens with one attached hydrogen (secondary N) is 1. The number of benzene rings is 1. The van der Waals surface area contributed by atoms with Gasteiger partial charge in [0.1, 0.15) is 0 Å². The SMILES string of the molecule is CN(C)CCSCc1cccc(C(=O)NN)c1. The number of carbonyl (C=O) groups is 1. The molecule has 0 spiro atoms. The lowest BCUT2D eigenvalue weighted by molar-refractivity contribution is 0.0953. The minimum atomic E-state index is -0.245. The predicted molar refractivity (Wildman–Crippen MR) is 72.8 cm³/mol. The number of nitrogens with zero attached hydrogens (tertiary/aromatic N) is 1. The van der Waals surface area contributed by atoms with Crippen LogP contribution in [0.2, 0.25) is 0 Å². The van der Waals surface area contributed by atoms with Gasteiger partial charge in [0.2, 0.25) is 0 Å². The van der Waals surface area contributed by atoms with E-state index in [1.54, 1.807) is 6.07 Å². The van der Waals surface area contributed by atoms with E-state index in [4.69, 9.17) is 5.84 Å². The van der Waals surface area contributed by atoms with Crippen LogP contribution in [-0.4, -0.2) is 37.2 Å². The monoisotopic (exact) mass is 253 g/mol. The second kappa shape index (κ2) is 7.32. The van der Waals surface area contributed by atoms with Crippen molar-refractivity contribution in [2.45, 2.75) is 5.75 Å². The van der Waals surface area contributed by atoms with Gasteiger partial charge in [-0.05, 0) is 31.8 Å². The fourth-order valence-corrected chi connectivity index (χ4v) is 2.38. The zero-order valence-corrected chi connectivity index (χ0v) is 11.1. The van der Waals surface area contributed by atoms with Crippen LogP contribution in [0.4, 0.5) is 0 Å². The second-order valence-corrected chi connectivity index (χ2v) is 5.13. The Morgan fingerprint density at radius 1 is 1.47 bits per heavy atom. The molecule has 0 unspecified atom stereocenters. The van der Waals surface area contributed by atoms with Gasteiger partial charge < -0.3 is 4.90 Å². The number of carbonyl (C=O) groups excluding carboxylic acids is 1. The molecule has 1 aromatic carbocycles. The fourth-order valence-electron chi connectivity index (χ4n) is 1.32. The van der Waals surface area contributed by atoms with Crippen molar-refractivity contribution in [3.63, 3.8) is 0 Å². The summed E-state index contributed by atoms with van der Waals surface area (Å²) in [7, 11) is 4.12. The van der Waals surface area contributed by atoms with E-state index < -0.39 is 0 Å². The van der Waals surface area contributed by atoms with Gasteiger partial charge in [-0.15, -0.1) is 0 Å². The van der Waals surface area contributed by atoms with Crippen LogP contribution < -0.4 is 11.3 Å². The van der Waals surface area contributed by atoms with E-state index in [0.717, 1.165) is 23.6 Å². The van der Waals surface area contributed by atoms with Crippen LogP contribution in [0, 0.1) is 0 Å². The van der Waals surface area contributed by atoms with Gasteiger partial charge in [0.05, 0.1) is 0 Å². The van der Waals surface area contributed by atoms with Crippen LogP contribution in [0.25, 0.3) is 0 Å².